The number of aliphatic carboxylic acids is 1. The minimum Gasteiger partial charge on any atom is -0.481 e. The molecule has 1 N–H and O–H groups in total. The van der Waals surface area contributed by atoms with Crippen LogP contribution in [0.1, 0.15) is 40.2 Å². The second kappa shape index (κ2) is 11.8. The molecule has 0 radical (unpaired) electrons. The third-order valence-electron chi connectivity index (χ3n) is 1.87. The van der Waals surface area contributed by atoms with Crippen molar-refractivity contribution in [2.45, 2.75) is 41.0 Å². The van der Waals surface area contributed by atoms with Gasteiger partial charge in [0.15, 0.2) is 0 Å². The standard InChI is InChI=1S/C11H14O.C2H4O2.C2H6/c1-9(2)11(12)8-10-6-4-3-5-7-10;1-2(3)4;1-2/h3-7,9H,8H2,1-2H3;1H3,(H,3,4);1-2H3. The smallest absolute Gasteiger partial charge is 0.300 e. The highest BCUT2D eigenvalue weighted by Crippen LogP contribution is 2.04. The van der Waals surface area contributed by atoms with E-state index in [1.165, 1.54) is 0 Å². The summed E-state index contributed by atoms with van der Waals surface area (Å²) in [6.45, 7) is 8.95. The molecule has 0 aromatic heterocycles. The number of carboxylic acids is 1. The van der Waals surface area contributed by atoms with Crippen LogP contribution in [0.3, 0.4) is 0 Å². The van der Waals surface area contributed by atoms with E-state index in [0.29, 0.717) is 12.2 Å². The summed E-state index contributed by atoms with van der Waals surface area (Å²) in [7, 11) is 0. The van der Waals surface area contributed by atoms with E-state index in [1.807, 2.05) is 58.0 Å². The summed E-state index contributed by atoms with van der Waals surface area (Å²) in [5, 5.41) is 7.42. The number of carbonyl (C=O) groups is 2. The number of hydrogen-bond donors (Lipinski definition) is 1. The maximum atomic E-state index is 11.3. The summed E-state index contributed by atoms with van der Waals surface area (Å²) >= 11 is 0. The van der Waals surface area contributed by atoms with Gasteiger partial charge >= 0.3 is 0 Å². The first-order valence-electron chi connectivity index (χ1n) is 6.19. The zero-order valence-electron chi connectivity index (χ0n) is 11.9. The zero-order chi connectivity index (χ0) is 14.6. The lowest BCUT2D eigenvalue weighted by atomic mass is 10.0. The van der Waals surface area contributed by atoms with Crippen LogP contribution in [0.15, 0.2) is 30.3 Å². The fraction of sp³-hybridized carbons (Fsp3) is 0.467. The zero-order valence-corrected chi connectivity index (χ0v) is 11.9. The maximum Gasteiger partial charge on any atom is 0.300 e. The van der Waals surface area contributed by atoms with Crippen molar-refractivity contribution in [2.75, 3.05) is 0 Å². The molecule has 0 saturated carbocycles. The lowest BCUT2D eigenvalue weighted by Crippen LogP contribution is -2.09. The Bertz CT molecular complexity index is 325. The first kappa shape index (κ1) is 18.7. The number of Topliss-reactive ketones (excluding diaryl/α,β-unsaturated/α-hetero) is 1. The molecular weight excluding hydrogens is 228 g/mol. The summed E-state index contributed by atoms with van der Waals surface area (Å²) in [5.41, 5.74) is 1.11. The summed E-state index contributed by atoms with van der Waals surface area (Å²) in [6.07, 6.45) is 0.568. The van der Waals surface area contributed by atoms with Gasteiger partial charge in [0.2, 0.25) is 0 Å². The van der Waals surface area contributed by atoms with Crippen LogP contribution in [-0.2, 0) is 16.0 Å². The normalized spacial score (nSPS) is 8.56. The van der Waals surface area contributed by atoms with Crippen molar-refractivity contribution < 1.29 is 14.7 Å². The van der Waals surface area contributed by atoms with E-state index in [1.54, 1.807) is 0 Å². The molecule has 0 bridgehead atoms. The van der Waals surface area contributed by atoms with Gasteiger partial charge in [-0.2, -0.15) is 0 Å². The van der Waals surface area contributed by atoms with Gasteiger partial charge < -0.3 is 5.11 Å². The van der Waals surface area contributed by atoms with Gasteiger partial charge in [0, 0.05) is 19.3 Å². The van der Waals surface area contributed by atoms with Crippen molar-refractivity contribution >= 4 is 11.8 Å². The Kier molecular flexibility index (Phi) is 12.3. The molecule has 0 spiro atoms. The molecule has 0 aliphatic heterocycles. The van der Waals surface area contributed by atoms with Gasteiger partial charge in [-0.1, -0.05) is 58.0 Å². The molecule has 0 fully saturated rings. The summed E-state index contributed by atoms with van der Waals surface area (Å²) < 4.78 is 0. The van der Waals surface area contributed by atoms with Gasteiger partial charge in [-0.3, -0.25) is 9.59 Å². The summed E-state index contributed by atoms with van der Waals surface area (Å²) in [5.74, 6) is -0.383. The molecule has 18 heavy (non-hydrogen) atoms. The van der Waals surface area contributed by atoms with Crippen LogP contribution in [0.4, 0.5) is 0 Å². The number of rotatable bonds is 3. The molecule has 1 aromatic rings. The Morgan fingerprint density at radius 1 is 1.11 bits per heavy atom. The van der Waals surface area contributed by atoms with E-state index in [-0.39, 0.29) is 5.92 Å². The molecule has 3 nitrogen and oxygen atoms in total. The highest BCUT2D eigenvalue weighted by molar-refractivity contribution is 5.82. The van der Waals surface area contributed by atoms with E-state index in [2.05, 4.69) is 0 Å². The lowest BCUT2D eigenvalue weighted by molar-refractivity contribution is -0.134. The third kappa shape index (κ3) is 12.4. The predicted octanol–water partition coefficient (Wildman–Crippen LogP) is 3.57. The maximum absolute atomic E-state index is 11.3. The molecule has 1 rings (SSSR count). The van der Waals surface area contributed by atoms with Crippen molar-refractivity contribution in [2.24, 2.45) is 5.92 Å². The van der Waals surface area contributed by atoms with Crippen molar-refractivity contribution in [3.63, 3.8) is 0 Å². The monoisotopic (exact) mass is 252 g/mol. The molecule has 3 heteroatoms. The van der Waals surface area contributed by atoms with Gasteiger partial charge in [-0.25, -0.2) is 0 Å². The van der Waals surface area contributed by atoms with Gasteiger partial charge in [-0.05, 0) is 5.56 Å². The Morgan fingerprint density at radius 3 is 1.83 bits per heavy atom. The van der Waals surface area contributed by atoms with Crippen LogP contribution < -0.4 is 0 Å². The number of benzene rings is 1. The first-order chi connectivity index (χ1) is 8.43. The average molecular weight is 252 g/mol. The average Bonchev–Trinajstić information content (AvgIpc) is 2.32. The van der Waals surface area contributed by atoms with Crippen LogP contribution in [0.5, 0.6) is 0 Å². The Balaban J connectivity index is 0. The summed E-state index contributed by atoms with van der Waals surface area (Å²) in [4.78, 5) is 20.3. The van der Waals surface area contributed by atoms with E-state index in [0.717, 1.165) is 12.5 Å². The topological polar surface area (TPSA) is 54.4 Å². The highest BCUT2D eigenvalue weighted by atomic mass is 16.4. The van der Waals surface area contributed by atoms with Crippen LogP contribution in [0.2, 0.25) is 0 Å². The van der Waals surface area contributed by atoms with E-state index in [4.69, 9.17) is 9.90 Å². The SMILES string of the molecule is CC.CC(=O)O.CC(C)C(=O)Cc1ccccc1. The number of hydrogen-bond acceptors (Lipinski definition) is 2. The molecule has 0 atom stereocenters. The largest absolute Gasteiger partial charge is 0.481 e. The van der Waals surface area contributed by atoms with Crippen molar-refractivity contribution in [1.29, 1.82) is 0 Å². The van der Waals surface area contributed by atoms with Crippen LogP contribution in [0, 0.1) is 5.92 Å². The Labute approximate surface area is 110 Å². The van der Waals surface area contributed by atoms with Crippen molar-refractivity contribution in [1.82, 2.24) is 0 Å². The van der Waals surface area contributed by atoms with Gasteiger partial charge in [0.25, 0.3) is 5.97 Å². The van der Waals surface area contributed by atoms with Crippen LogP contribution in [0.25, 0.3) is 0 Å². The highest BCUT2D eigenvalue weighted by Gasteiger charge is 2.06. The van der Waals surface area contributed by atoms with Crippen molar-refractivity contribution in [3.8, 4) is 0 Å². The molecule has 0 aliphatic rings. The molecule has 0 unspecified atom stereocenters. The van der Waals surface area contributed by atoms with Gasteiger partial charge in [0.05, 0.1) is 0 Å². The third-order valence-corrected chi connectivity index (χ3v) is 1.87. The summed E-state index contributed by atoms with van der Waals surface area (Å²) in [6, 6.07) is 9.86. The quantitative estimate of drug-likeness (QED) is 0.894. The van der Waals surface area contributed by atoms with E-state index >= 15 is 0 Å². The predicted molar refractivity (Wildman–Crippen MR) is 74.6 cm³/mol. The molecule has 0 aliphatic carbocycles. The van der Waals surface area contributed by atoms with Gasteiger partial charge in [0.1, 0.15) is 5.78 Å². The van der Waals surface area contributed by atoms with Crippen molar-refractivity contribution in [3.05, 3.63) is 35.9 Å². The Morgan fingerprint density at radius 2 is 1.50 bits per heavy atom. The second-order valence-corrected chi connectivity index (χ2v) is 3.80. The van der Waals surface area contributed by atoms with Crippen LogP contribution in [-0.4, -0.2) is 16.9 Å². The fourth-order valence-electron chi connectivity index (χ4n) is 1.00. The first-order valence-corrected chi connectivity index (χ1v) is 6.19. The minimum atomic E-state index is -0.833. The van der Waals surface area contributed by atoms with Gasteiger partial charge in [-0.15, -0.1) is 0 Å². The molecule has 1 aromatic carbocycles. The fourth-order valence-corrected chi connectivity index (χ4v) is 1.00. The van der Waals surface area contributed by atoms with E-state index in [9.17, 15) is 4.79 Å². The number of carbonyl (C=O) groups excluding carboxylic acids is 1. The molecule has 0 amide bonds. The van der Waals surface area contributed by atoms with E-state index < -0.39 is 5.97 Å². The molecule has 0 heterocycles. The lowest BCUT2D eigenvalue weighted by Gasteiger charge is -2.02. The molecule has 0 saturated heterocycles. The second-order valence-electron chi connectivity index (χ2n) is 3.80. The Hall–Kier alpha value is -1.64. The number of ketones is 1. The molecular formula is C15H24O3. The van der Waals surface area contributed by atoms with Crippen LogP contribution >= 0.6 is 0 Å². The molecule has 102 valence electrons. The minimum absolute atomic E-state index is 0.144. The number of carboxylic acid groups (broad SMARTS) is 1.